The van der Waals surface area contributed by atoms with Crippen LogP contribution in [0.1, 0.15) is 5.69 Å². The van der Waals surface area contributed by atoms with E-state index >= 15 is 0 Å². The predicted octanol–water partition coefficient (Wildman–Crippen LogP) is 2.80. The molecule has 1 saturated heterocycles. The molecule has 0 radical (unpaired) electrons. The summed E-state index contributed by atoms with van der Waals surface area (Å²) >= 11 is 0. The normalized spacial score (nSPS) is 14.5. The Bertz CT molecular complexity index is 1480. The van der Waals surface area contributed by atoms with Gasteiger partial charge in [-0.25, -0.2) is 9.78 Å². The molecule has 5 rings (SSSR count). The minimum Gasteiger partial charge on any atom is -0.379 e. The highest BCUT2D eigenvalue weighted by atomic mass is 32.2. The zero-order chi connectivity index (χ0) is 25.8. The number of hydrogen-bond acceptors (Lipinski definition) is 8. The van der Waals surface area contributed by atoms with E-state index in [0.717, 1.165) is 37.6 Å². The number of rotatable bonds is 7. The largest absolute Gasteiger partial charge is 0.379 e. The quantitative estimate of drug-likeness (QED) is 0.316. The lowest BCUT2D eigenvalue weighted by atomic mass is 10.2. The Labute approximate surface area is 214 Å². The summed E-state index contributed by atoms with van der Waals surface area (Å²) in [5, 5.41) is 5.32. The van der Waals surface area contributed by atoms with Crippen molar-refractivity contribution >= 4 is 38.8 Å². The molecule has 0 saturated carbocycles. The van der Waals surface area contributed by atoms with E-state index in [2.05, 4.69) is 42.4 Å². The number of fused-ring (bicyclic) bond motifs is 1. The first-order chi connectivity index (χ1) is 17.9. The summed E-state index contributed by atoms with van der Waals surface area (Å²) < 4.78 is 31.1. The molecule has 1 aliphatic heterocycles. The van der Waals surface area contributed by atoms with Crippen LogP contribution in [-0.2, 0) is 16.7 Å². The van der Waals surface area contributed by atoms with Crippen molar-refractivity contribution < 1.29 is 17.4 Å². The van der Waals surface area contributed by atoms with E-state index in [1.807, 2.05) is 6.07 Å². The van der Waals surface area contributed by atoms with Crippen LogP contribution in [0.5, 0.6) is 5.75 Å². The number of carbonyl (C=O) groups is 1. The van der Waals surface area contributed by atoms with Crippen molar-refractivity contribution in [3.63, 3.8) is 0 Å². The average molecular weight is 522 g/mol. The van der Waals surface area contributed by atoms with E-state index in [1.165, 1.54) is 12.1 Å². The van der Waals surface area contributed by atoms with Gasteiger partial charge in [0.15, 0.2) is 0 Å². The fourth-order valence-corrected chi connectivity index (χ4v) is 4.91. The van der Waals surface area contributed by atoms with Crippen molar-refractivity contribution in [1.29, 1.82) is 0 Å². The lowest BCUT2D eigenvalue weighted by Crippen LogP contribution is -2.44. The minimum absolute atomic E-state index is 0.0713. The van der Waals surface area contributed by atoms with Gasteiger partial charge in [-0.1, -0.05) is 6.07 Å². The Morgan fingerprint density at radius 3 is 2.57 bits per heavy atom. The van der Waals surface area contributed by atoms with Crippen molar-refractivity contribution in [2.75, 3.05) is 43.4 Å². The van der Waals surface area contributed by atoms with Gasteiger partial charge in [-0.2, -0.15) is 8.42 Å². The van der Waals surface area contributed by atoms with Crippen LogP contribution in [0.4, 0.5) is 16.4 Å². The fourth-order valence-electron chi connectivity index (χ4n) is 3.99. The number of benzene rings is 2. The number of carbonyl (C=O) groups excluding carboxylic acids is 1. The number of anilines is 2. The number of pyridine rings is 1. The van der Waals surface area contributed by atoms with E-state index in [4.69, 9.17) is 4.18 Å². The zero-order valence-corrected chi connectivity index (χ0v) is 21.0. The van der Waals surface area contributed by atoms with Gasteiger partial charge in [0.1, 0.15) is 10.6 Å². The van der Waals surface area contributed by atoms with Gasteiger partial charge in [-0.05, 0) is 55.6 Å². The number of nitrogens with zero attached hydrogens (tertiary/aromatic N) is 4. The monoisotopic (exact) mass is 521 g/mol. The van der Waals surface area contributed by atoms with E-state index in [9.17, 15) is 13.2 Å². The summed E-state index contributed by atoms with van der Waals surface area (Å²) in [5.41, 5.74) is 2.76. The first kappa shape index (κ1) is 24.5. The Morgan fingerprint density at radius 1 is 1.05 bits per heavy atom. The van der Waals surface area contributed by atoms with Crippen LogP contribution in [0, 0.1) is 0 Å². The molecule has 1 fully saturated rings. The summed E-state index contributed by atoms with van der Waals surface area (Å²) in [7, 11) is -1.94. The van der Waals surface area contributed by atoms with Gasteiger partial charge in [0.2, 0.25) is 5.95 Å². The molecule has 1 aliphatic rings. The number of aromatic amines is 1. The molecule has 0 bridgehead atoms. The molecular formula is C25H27N7O4S. The predicted molar refractivity (Wildman–Crippen MR) is 140 cm³/mol. The number of likely N-dealkylation sites (N-methyl/N-ethyl adjacent to an activating group) is 1. The Balaban J connectivity index is 1.22. The third kappa shape index (κ3) is 5.98. The Hall–Kier alpha value is -4.16. The van der Waals surface area contributed by atoms with Crippen LogP contribution in [0.25, 0.3) is 11.0 Å². The van der Waals surface area contributed by atoms with Crippen molar-refractivity contribution in [3.8, 4) is 5.75 Å². The minimum atomic E-state index is -4.03. The molecule has 0 aliphatic carbocycles. The van der Waals surface area contributed by atoms with Gasteiger partial charge in [-0.3, -0.25) is 10.3 Å². The van der Waals surface area contributed by atoms with Crippen molar-refractivity contribution in [2.24, 2.45) is 0 Å². The number of nitrogens with one attached hydrogen (secondary N) is 3. The first-order valence-corrected chi connectivity index (χ1v) is 13.2. The second-order valence-electron chi connectivity index (χ2n) is 8.71. The number of imidazole rings is 1. The lowest BCUT2D eigenvalue weighted by Gasteiger charge is -2.34. The maximum atomic E-state index is 12.9. The van der Waals surface area contributed by atoms with Crippen LogP contribution >= 0.6 is 0 Å². The van der Waals surface area contributed by atoms with Gasteiger partial charge >= 0.3 is 16.1 Å². The van der Waals surface area contributed by atoms with Crippen LogP contribution in [0.15, 0.2) is 71.8 Å². The molecule has 12 heteroatoms. The van der Waals surface area contributed by atoms with Gasteiger partial charge in [0.25, 0.3) is 0 Å². The number of amides is 2. The number of aromatic nitrogens is 3. The van der Waals surface area contributed by atoms with Crippen LogP contribution < -0.4 is 19.7 Å². The molecule has 11 nitrogen and oxygen atoms in total. The summed E-state index contributed by atoms with van der Waals surface area (Å²) in [5.74, 6) is 0.346. The summed E-state index contributed by atoms with van der Waals surface area (Å²) in [6, 6.07) is 16.4. The molecule has 192 valence electrons. The summed E-state index contributed by atoms with van der Waals surface area (Å²) in [6.45, 7) is 3.98. The smallest absolute Gasteiger partial charge is 0.339 e. The topological polar surface area (TPSA) is 133 Å². The van der Waals surface area contributed by atoms with Crippen molar-refractivity contribution in [1.82, 2.24) is 25.2 Å². The zero-order valence-electron chi connectivity index (χ0n) is 20.2. The Kier molecular flexibility index (Phi) is 6.93. The van der Waals surface area contributed by atoms with Gasteiger partial charge in [-0.15, -0.1) is 0 Å². The van der Waals surface area contributed by atoms with E-state index in [1.54, 1.807) is 48.7 Å². The van der Waals surface area contributed by atoms with Crippen molar-refractivity contribution in [2.45, 2.75) is 11.4 Å². The molecule has 2 aromatic heterocycles. The second kappa shape index (κ2) is 10.4. The average Bonchev–Trinajstić information content (AvgIpc) is 3.30. The van der Waals surface area contributed by atoms with Crippen LogP contribution in [0.3, 0.4) is 0 Å². The third-order valence-electron chi connectivity index (χ3n) is 6.04. The molecule has 2 amide bonds. The number of hydrogen-bond donors (Lipinski definition) is 3. The summed E-state index contributed by atoms with van der Waals surface area (Å²) in [4.78, 5) is 28.2. The number of piperazine rings is 1. The van der Waals surface area contributed by atoms with Gasteiger partial charge < -0.3 is 24.3 Å². The molecule has 3 N–H and O–H groups in total. The third-order valence-corrected chi connectivity index (χ3v) is 7.30. The molecule has 0 spiro atoms. The standard InChI is InChI=1S/C25H27N7O4S/c1-31-12-14-32(15-13-31)19-5-8-21(9-6-19)37(34,35)36-20-7-10-22-23(16-20)29-24(28-22)30-25(33)27-17-18-4-2-3-11-26-18/h2-11,16H,12-15,17H2,1H3,(H3,27,28,29,30,33). The van der Waals surface area contributed by atoms with Gasteiger partial charge in [0.05, 0.1) is 23.3 Å². The number of H-pyrrole nitrogens is 1. The highest BCUT2D eigenvalue weighted by Gasteiger charge is 2.19. The van der Waals surface area contributed by atoms with Crippen LogP contribution in [0.2, 0.25) is 0 Å². The van der Waals surface area contributed by atoms with E-state index in [-0.39, 0.29) is 23.1 Å². The SMILES string of the molecule is CN1CCN(c2ccc(S(=O)(=O)Oc3ccc4nc(NC(=O)NCc5ccccn5)[nH]c4c3)cc2)CC1. The van der Waals surface area contributed by atoms with E-state index in [0.29, 0.717) is 11.0 Å². The number of urea groups is 1. The lowest BCUT2D eigenvalue weighted by molar-refractivity contribution is 0.251. The maximum absolute atomic E-state index is 12.9. The highest BCUT2D eigenvalue weighted by molar-refractivity contribution is 7.87. The maximum Gasteiger partial charge on any atom is 0.339 e. The van der Waals surface area contributed by atoms with E-state index < -0.39 is 16.1 Å². The fraction of sp³-hybridized carbons (Fsp3) is 0.240. The van der Waals surface area contributed by atoms with Gasteiger partial charge in [0, 0.05) is 44.1 Å². The van der Waals surface area contributed by atoms with Crippen molar-refractivity contribution in [3.05, 3.63) is 72.6 Å². The highest BCUT2D eigenvalue weighted by Crippen LogP contribution is 2.25. The molecule has 3 heterocycles. The first-order valence-electron chi connectivity index (χ1n) is 11.8. The Morgan fingerprint density at radius 2 is 1.84 bits per heavy atom. The molecule has 2 aromatic carbocycles. The van der Waals surface area contributed by atoms with Crippen LogP contribution in [-0.4, -0.2) is 67.5 Å². The molecule has 37 heavy (non-hydrogen) atoms. The molecule has 4 aromatic rings. The molecule has 0 unspecified atom stereocenters. The summed E-state index contributed by atoms with van der Waals surface area (Å²) in [6.07, 6.45) is 1.65. The molecule has 0 atom stereocenters. The molecular weight excluding hydrogens is 494 g/mol. The second-order valence-corrected chi connectivity index (χ2v) is 10.3.